The summed E-state index contributed by atoms with van der Waals surface area (Å²) >= 11 is 3.14. The summed E-state index contributed by atoms with van der Waals surface area (Å²) in [4.78, 5) is 0. The number of benzene rings is 2. The number of hydrogen-bond donors (Lipinski definition) is 0. The molecule has 0 radical (unpaired) electrons. The van der Waals surface area contributed by atoms with Crippen LogP contribution < -0.4 is 0 Å². The number of hydrogen-bond acceptors (Lipinski definition) is 1. The lowest BCUT2D eigenvalue weighted by Crippen LogP contribution is -2.34. The molecule has 2 aromatic rings. The fourth-order valence-electron chi connectivity index (χ4n) is 2.03. The average Bonchev–Trinajstić information content (AvgIpc) is 2.43. The first-order valence-corrected chi connectivity index (χ1v) is 10.2. The Morgan fingerprint density at radius 1 is 0.882 bits per heavy atom. The fourth-order valence-corrected chi connectivity index (χ4v) is 5.54. The zero-order valence-corrected chi connectivity index (χ0v) is 12.8. The van der Waals surface area contributed by atoms with E-state index < -0.39 is 18.2 Å². The van der Waals surface area contributed by atoms with E-state index in [1.54, 1.807) is 7.11 Å². The SMILES string of the molecule is CO[C]([Mg][Br])(c1ccccc1)c1ccccc1. The van der Waals surface area contributed by atoms with Crippen LogP contribution in [0.5, 0.6) is 0 Å². The molecule has 0 aliphatic heterocycles. The van der Waals surface area contributed by atoms with Crippen molar-refractivity contribution in [2.75, 3.05) is 7.11 Å². The fraction of sp³-hybridized carbons (Fsp3) is 0.143. The van der Waals surface area contributed by atoms with Gasteiger partial charge in [-0.25, -0.2) is 0 Å². The molecule has 0 N–H and O–H groups in total. The molecule has 0 aliphatic carbocycles. The average molecular weight is 301 g/mol. The molecule has 0 aromatic heterocycles. The lowest BCUT2D eigenvalue weighted by Gasteiger charge is -2.32. The van der Waals surface area contributed by atoms with Gasteiger partial charge in [-0.15, -0.1) is 0 Å². The van der Waals surface area contributed by atoms with Crippen molar-refractivity contribution in [3.8, 4) is 0 Å². The third-order valence-electron chi connectivity index (χ3n) is 3.02. The minimum Gasteiger partial charge on any atom is -0.396 e. The van der Waals surface area contributed by atoms with Gasteiger partial charge in [0.15, 0.2) is 0 Å². The van der Waals surface area contributed by atoms with E-state index in [0.717, 1.165) is 0 Å². The molecule has 0 saturated heterocycles. The second-order valence-corrected chi connectivity index (χ2v) is 6.84. The number of rotatable bonds is 4. The second kappa shape index (κ2) is 6.00. The highest BCUT2D eigenvalue weighted by Gasteiger charge is 2.34. The van der Waals surface area contributed by atoms with Gasteiger partial charge in [0, 0.05) is 10.8 Å². The summed E-state index contributed by atoms with van der Waals surface area (Å²) in [6, 6.07) is 20.8. The summed E-state index contributed by atoms with van der Waals surface area (Å²) in [6.45, 7) is 0. The molecule has 0 atom stereocenters. The molecule has 0 saturated carbocycles. The maximum Gasteiger partial charge on any atom is 0.527 e. The van der Waals surface area contributed by atoms with E-state index in [1.807, 2.05) is 12.1 Å². The highest BCUT2D eigenvalue weighted by Crippen LogP contribution is 2.33. The summed E-state index contributed by atoms with van der Waals surface area (Å²) in [7, 11) is 1.79. The predicted molar refractivity (Wildman–Crippen MR) is 75.4 cm³/mol. The Morgan fingerprint density at radius 2 is 1.29 bits per heavy atom. The Kier molecular flexibility index (Phi) is 4.62. The van der Waals surface area contributed by atoms with Gasteiger partial charge in [-0.3, -0.25) is 12.9 Å². The molecule has 0 amide bonds. The Balaban J connectivity index is 2.54. The Hall–Kier alpha value is -0.354. The monoisotopic (exact) mass is 300 g/mol. The summed E-state index contributed by atoms with van der Waals surface area (Å²) in [5.41, 5.74) is 2.44. The quantitative estimate of drug-likeness (QED) is 0.785. The van der Waals surface area contributed by atoms with Gasteiger partial charge in [-0.1, -0.05) is 60.7 Å². The largest absolute Gasteiger partial charge is 0.527 e. The van der Waals surface area contributed by atoms with E-state index >= 15 is 0 Å². The van der Waals surface area contributed by atoms with Gasteiger partial charge < -0.3 is 4.74 Å². The molecule has 0 fully saturated rings. The van der Waals surface area contributed by atoms with E-state index in [0.29, 0.717) is 0 Å². The molecule has 0 spiro atoms. The van der Waals surface area contributed by atoms with Crippen molar-refractivity contribution in [2.24, 2.45) is 0 Å². The van der Waals surface area contributed by atoms with Crippen LogP contribution in [-0.2, 0) is 8.47 Å². The minimum atomic E-state index is -0.585. The molecular weight excluding hydrogens is 288 g/mol. The van der Waals surface area contributed by atoms with Crippen molar-refractivity contribution >= 4 is 31.1 Å². The van der Waals surface area contributed by atoms with Crippen LogP contribution in [0, 0.1) is 0 Å². The van der Waals surface area contributed by atoms with Gasteiger partial charge in [0.1, 0.15) is 0 Å². The smallest absolute Gasteiger partial charge is 0.396 e. The number of halogens is 1. The van der Waals surface area contributed by atoms with E-state index in [9.17, 15) is 0 Å². The molecule has 3 heteroatoms. The van der Waals surface area contributed by atoms with E-state index in [1.165, 1.54) is 11.1 Å². The lowest BCUT2D eigenvalue weighted by molar-refractivity contribution is 0.0954. The van der Waals surface area contributed by atoms with Gasteiger partial charge in [0.25, 0.3) is 0 Å². The van der Waals surface area contributed by atoms with Crippen LogP contribution in [0.4, 0.5) is 0 Å². The van der Waals surface area contributed by atoms with Crippen LogP contribution in [0.2, 0.25) is 0 Å². The first kappa shape index (κ1) is 13.1. The van der Waals surface area contributed by atoms with E-state index in [4.69, 9.17) is 4.74 Å². The maximum absolute atomic E-state index is 5.87. The minimum absolute atomic E-state index is 0.275. The first-order valence-electron chi connectivity index (χ1n) is 5.55. The Labute approximate surface area is 118 Å². The van der Waals surface area contributed by atoms with Crippen molar-refractivity contribution in [1.29, 1.82) is 0 Å². The van der Waals surface area contributed by atoms with Crippen LogP contribution >= 0.6 is 12.9 Å². The summed E-state index contributed by atoms with van der Waals surface area (Å²) in [5, 5.41) is 0. The molecule has 17 heavy (non-hydrogen) atoms. The standard InChI is InChI=1S/C14H13O.BrH.Mg/c1-15-14(12-8-4-2-5-9-12)13-10-6-3-7-11-13;;/h2-11H,1H3;1H;/q;;+1/p-1. The summed E-state index contributed by atoms with van der Waals surface area (Å²) in [6.07, 6.45) is 0. The molecule has 1 nitrogen and oxygen atoms in total. The van der Waals surface area contributed by atoms with Gasteiger partial charge in [-0.2, -0.15) is 0 Å². The molecule has 2 rings (SSSR count). The zero-order chi connectivity index (χ0) is 12.1. The van der Waals surface area contributed by atoms with E-state index in [2.05, 4.69) is 61.4 Å². The summed E-state index contributed by atoms with van der Waals surface area (Å²) in [5.74, 6) is 0. The van der Waals surface area contributed by atoms with Gasteiger partial charge in [-0.05, 0) is 11.1 Å². The third kappa shape index (κ3) is 2.57. The van der Waals surface area contributed by atoms with Crippen molar-refractivity contribution < 1.29 is 4.74 Å². The van der Waals surface area contributed by atoms with Crippen molar-refractivity contribution in [2.45, 2.75) is 3.73 Å². The molecule has 2 aromatic carbocycles. The van der Waals surface area contributed by atoms with Crippen LogP contribution in [0.3, 0.4) is 0 Å². The molecule has 0 heterocycles. The van der Waals surface area contributed by atoms with Gasteiger partial charge in [0.2, 0.25) is 0 Å². The van der Waals surface area contributed by atoms with Crippen LogP contribution in [0.15, 0.2) is 60.7 Å². The number of ether oxygens (including phenoxy) is 1. The van der Waals surface area contributed by atoms with E-state index in [-0.39, 0.29) is 3.73 Å². The Morgan fingerprint density at radius 3 is 1.59 bits per heavy atom. The zero-order valence-electron chi connectivity index (χ0n) is 9.77. The van der Waals surface area contributed by atoms with Crippen LogP contribution in [0.1, 0.15) is 11.1 Å². The molecule has 84 valence electrons. The van der Waals surface area contributed by atoms with Crippen molar-refractivity contribution in [3.05, 3.63) is 71.8 Å². The molecule has 0 unspecified atom stereocenters. The van der Waals surface area contributed by atoms with Gasteiger partial charge in [0.05, 0.1) is 0 Å². The molecular formula is C14H13BrMgO. The normalized spacial score (nSPS) is 10.9. The molecule has 0 aliphatic rings. The first-order chi connectivity index (χ1) is 8.33. The van der Waals surface area contributed by atoms with Crippen molar-refractivity contribution in [1.82, 2.24) is 0 Å². The van der Waals surface area contributed by atoms with Crippen LogP contribution in [0.25, 0.3) is 0 Å². The Bertz CT molecular complexity index is 413. The second-order valence-electron chi connectivity index (χ2n) is 3.90. The topological polar surface area (TPSA) is 9.23 Å². The predicted octanol–water partition coefficient (Wildman–Crippen LogP) is 3.55. The third-order valence-corrected chi connectivity index (χ3v) is 6.87. The van der Waals surface area contributed by atoms with Gasteiger partial charge >= 0.3 is 18.2 Å². The lowest BCUT2D eigenvalue weighted by atomic mass is 10.00. The molecule has 0 bridgehead atoms. The number of methoxy groups -OCH3 is 1. The summed E-state index contributed by atoms with van der Waals surface area (Å²) < 4.78 is 5.60. The highest BCUT2D eigenvalue weighted by molar-refractivity contribution is 9.23. The van der Waals surface area contributed by atoms with Crippen molar-refractivity contribution in [3.63, 3.8) is 0 Å². The maximum atomic E-state index is 5.87. The van der Waals surface area contributed by atoms with Crippen LogP contribution in [-0.4, -0.2) is 25.3 Å². The highest BCUT2D eigenvalue weighted by atomic mass is 79.9.